The zero-order chi connectivity index (χ0) is 15.6. The quantitative estimate of drug-likeness (QED) is 0.869. The van der Waals surface area contributed by atoms with Gasteiger partial charge in [-0.1, -0.05) is 29.8 Å². The summed E-state index contributed by atoms with van der Waals surface area (Å²) in [7, 11) is 1.35. The van der Waals surface area contributed by atoms with Gasteiger partial charge in [-0.15, -0.1) is 0 Å². The molecule has 0 radical (unpaired) electrons. The largest absolute Gasteiger partial charge is 0.466 e. The third kappa shape index (κ3) is 2.77. The van der Waals surface area contributed by atoms with Crippen LogP contribution in [-0.4, -0.2) is 30.6 Å². The molecule has 1 aliphatic heterocycles. The molecule has 0 saturated carbocycles. The van der Waals surface area contributed by atoms with E-state index >= 15 is 0 Å². The van der Waals surface area contributed by atoms with Gasteiger partial charge in [0.1, 0.15) is 0 Å². The summed E-state index contributed by atoms with van der Waals surface area (Å²) in [4.78, 5) is 25.8. The minimum atomic E-state index is -0.478. The van der Waals surface area contributed by atoms with Gasteiger partial charge < -0.3 is 10.1 Å². The van der Waals surface area contributed by atoms with E-state index in [2.05, 4.69) is 5.32 Å². The molecule has 112 valence electrons. The molecule has 1 aromatic rings. The van der Waals surface area contributed by atoms with Crippen LogP contribution >= 0.6 is 0 Å². The molecule has 1 atom stereocenters. The number of amides is 2. The normalized spacial score (nSPS) is 18.6. The third-order valence-electron chi connectivity index (χ3n) is 3.73. The number of allylic oxidation sites excluding steroid dienone is 1. The lowest BCUT2D eigenvalue weighted by Gasteiger charge is -2.34. The van der Waals surface area contributed by atoms with Crippen LogP contribution in [0.15, 0.2) is 35.5 Å². The first-order chi connectivity index (χ1) is 9.99. The van der Waals surface area contributed by atoms with Gasteiger partial charge in [-0.25, -0.2) is 9.59 Å². The number of nitrogens with one attached hydrogen (secondary N) is 1. The standard InChI is InChI=1S/C16H20N2O3/c1-5-18-11(3)13(15(19)21-4)14(17-16(18)20)12-8-6-10(2)7-9-12/h6-9,14H,5H2,1-4H3,(H,17,20)/t14-/m1/s1. The zero-order valence-corrected chi connectivity index (χ0v) is 12.8. The summed E-state index contributed by atoms with van der Waals surface area (Å²) >= 11 is 0. The van der Waals surface area contributed by atoms with Crippen LogP contribution in [-0.2, 0) is 9.53 Å². The number of methoxy groups -OCH3 is 1. The van der Waals surface area contributed by atoms with Crippen LogP contribution in [0.4, 0.5) is 4.79 Å². The van der Waals surface area contributed by atoms with Gasteiger partial charge in [-0.2, -0.15) is 0 Å². The van der Waals surface area contributed by atoms with Crippen LogP contribution in [0.25, 0.3) is 0 Å². The number of carbonyl (C=O) groups is 2. The molecule has 1 heterocycles. The molecule has 0 bridgehead atoms. The van der Waals surface area contributed by atoms with Gasteiger partial charge in [-0.05, 0) is 26.3 Å². The molecule has 1 aromatic carbocycles. The first-order valence-corrected chi connectivity index (χ1v) is 6.93. The number of hydrogen-bond donors (Lipinski definition) is 1. The predicted octanol–water partition coefficient (Wildman–Crippen LogP) is 2.53. The average Bonchev–Trinajstić information content (AvgIpc) is 2.47. The van der Waals surface area contributed by atoms with E-state index in [9.17, 15) is 9.59 Å². The maximum Gasteiger partial charge on any atom is 0.337 e. The number of hydrogen-bond acceptors (Lipinski definition) is 3. The lowest BCUT2D eigenvalue weighted by Crippen LogP contribution is -2.47. The number of nitrogens with zero attached hydrogens (tertiary/aromatic N) is 1. The van der Waals surface area contributed by atoms with Crippen molar-refractivity contribution >= 4 is 12.0 Å². The van der Waals surface area contributed by atoms with E-state index in [1.807, 2.05) is 38.1 Å². The Kier molecular flexibility index (Phi) is 4.31. The fourth-order valence-corrected chi connectivity index (χ4v) is 2.55. The second-order valence-electron chi connectivity index (χ2n) is 5.03. The van der Waals surface area contributed by atoms with Crippen molar-refractivity contribution < 1.29 is 14.3 Å². The van der Waals surface area contributed by atoms with Gasteiger partial charge in [0.2, 0.25) is 0 Å². The highest BCUT2D eigenvalue weighted by Crippen LogP contribution is 2.31. The summed E-state index contributed by atoms with van der Waals surface area (Å²) in [5.74, 6) is -0.420. The fraction of sp³-hybridized carbons (Fsp3) is 0.375. The molecule has 0 fully saturated rings. The van der Waals surface area contributed by atoms with Crippen LogP contribution in [0.3, 0.4) is 0 Å². The molecule has 0 unspecified atom stereocenters. The van der Waals surface area contributed by atoms with Crippen molar-refractivity contribution in [1.29, 1.82) is 0 Å². The van der Waals surface area contributed by atoms with Gasteiger partial charge in [0.05, 0.1) is 18.7 Å². The van der Waals surface area contributed by atoms with Gasteiger partial charge in [0.25, 0.3) is 0 Å². The zero-order valence-electron chi connectivity index (χ0n) is 12.8. The van der Waals surface area contributed by atoms with Gasteiger partial charge >= 0.3 is 12.0 Å². The van der Waals surface area contributed by atoms with Crippen LogP contribution in [0, 0.1) is 6.92 Å². The Balaban J connectivity index is 2.52. The Morgan fingerprint density at radius 2 is 1.90 bits per heavy atom. The summed E-state index contributed by atoms with van der Waals surface area (Å²) in [6.45, 7) is 6.13. The molecule has 21 heavy (non-hydrogen) atoms. The molecule has 1 aliphatic rings. The van der Waals surface area contributed by atoms with E-state index in [0.717, 1.165) is 11.1 Å². The molecule has 0 saturated heterocycles. The highest BCUT2D eigenvalue weighted by Gasteiger charge is 2.35. The Morgan fingerprint density at radius 1 is 1.29 bits per heavy atom. The molecule has 1 N–H and O–H groups in total. The molecule has 0 aromatic heterocycles. The summed E-state index contributed by atoms with van der Waals surface area (Å²) in [5, 5.41) is 2.88. The Bertz CT molecular complexity index is 590. The number of esters is 1. The Morgan fingerprint density at radius 3 is 2.43 bits per heavy atom. The van der Waals surface area contributed by atoms with E-state index in [1.54, 1.807) is 6.92 Å². The number of rotatable bonds is 3. The highest BCUT2D eigenvalue weighted by molar-refractivity contribution is 5.94. The number of carbonyl (C=O) groups excluding carboxylic acids is 2. The van der Waals surface area contributed by atoms with Crippen molar-refractivity contribution in [3.63, 3.8) is 0 Å². The minimum absolute atomic E-state index is 0.201. The van der Waals surface area contributed by atoms with Crippen molar-refractivity contribution in [3.8, 4) is 0 Å². The van der Waals surface area contributed by atoms with Crippen molar-refractivity contribution in [1.82, 2.24) is 10.2 Å². The maximum absolute atomic E-state index is 12.2. The molecule has 2 rings (SSSR count). The summed E-state index contributed by atoms with van der Waals surface area (Å²) in [6.07, 6.45) is 0. The Labute approximate surface area is 124 Å². The monoisotopic (exact) mass is 288 g/mol. The van der Waals surface area contributed by atoms with Gasteiger partial charge in [0, 0.05) is 12.2 Å². The maximum atomic E-state index is 12.2. The summed E-state index contributed by atoms with van der Waals surface area (Å²) in [6, 6.07) is 7.06. The number of aryl methyl sites for hydroxylation is 1. The van der Waals surface area contributed by atoms with E-state index in [-0.39, 0.29) is 6.03 Å². The lowest BCUT2D eigenvalue weighted by atomic mass is 9.94. The first-order valence-electron chi connectivity index (χ1n) is 6.93. The molecule has 5 nitrogen and oxygen atoms in total. The summed E-state index contributed by atoms with van der Waals surface area (Å²) < 4.78 is 4.89. The second kappa shape index (κ2) is 5.99. The SMILES string of the molecule is CCN1C(=O)N[C@H](c2ccc(C)cc2)C(C(=O)OC)=C1C. The summed E-state index contributed by atoms with van der Waals surface area (Å²) in [5.41, 5.74) is 3.10. The van der Waals surface area contributed by atoms with Crippen molar-refractivity contribution in [2.45, 2.75) is 26.8 Å². The van der Waals surface area contributed by atoms with Crippen LogP contribution in [0.5, 0.6) is 0 Å². The number of ether oxygens (including phenoxy) is 1. The number of urea groups is 1. The molecule has 0 spiro atoms. The first kappa shape index (κ1) is 15.1. The topological polar surface area (TPSA) is 58.6 Å². The number of benzene rings is 1. The molecule has 0 aliphatic carbocycles. The Hall–Kier alpha value is -2.30. The average molecular weight is 288 g/mol. The fourth-order valence-electron chi connectivity index (χ4n) is 2.55. The smallest absolute Gasteiger partial charge is 0.337 e. The molecule has 2 amide bonds. The van der Waals surface area contributed by atoms with Gasteiger partial charge in [-0.3, -0.25) is 4.90 Å². The van der Waals surface area contributed by atoms with E-state index in [4.69, 9.17) is 4.74 Å². The van der Waals surface area contributed by atoms with Crippen molar-refractivity contribution in [3.05, 3.63) is 46.7 Å². The van der Waals surface area contributed by atoms with E-state index < -0.39 is 12.0 Å². The van der Waals surface area contributed by atoms with Crippen LogP contribution in [0.1, 0.15) is 31.0 Å². The van der Waals surface area contributed by atoms with E-state index in [0.29, 0.717) is 17.8 Å². The molecule has 5 heteroatoms. The predicted molar refractivity (Wildman–Crippen MR) is 79.5 cm³/mol. The van der Waals surface area contributed by atoms with Crippen molar-refractivity contribution in [2.24, 2.45) is 0 Å². The van der Waals surface area contributed by atoms with Crippen LogP contribution in [0.2, 0.25) is 0 Å². The van der Waals surface area contributed by atoms with E-state index in [1.165, 1.54) is 12.0 Å². The van der Waals surface area contributed by atoms with Crippen molar-refractivity contribution in [2.75, 3.05) is 13.7 Å². The minimum Gasteiger partial charge on any atom is -0.466 e. The lowest BCUT2D eigenvalue weighted by molar-refractivity contribution is -0.136. The van der Waals surface area contributed by atoms with Crippen LogP contribution < -0.4 is 5.32 Å². The highest BCUT2D eigenvalue weighted by atomic mass is 16.5. The van der Waals surface area contributed by atoms with Gasteiger partial charge in [0.15, 0.2) is 0 Å². The molecular formula is C16H20N2O3. The molecular weight excluding hydrogens is 268 g/mol. The second-order valence-corrected chi connectivity index (χ2v) is 5.03. The third-order valence-corrected chi connectivity index (χ3v) is 3.73.